The molecular formula is C29H30N4O3S. The van der Waals surface area contributed by atoms with Crippen LogP contribution in [0, 0.1) is 6.92 Å². The number of thiazole rings is 1. The maximum atomic E-state index is 10.5. The highest BCUT2D eigenvalue weighted by atomic mass is 32.1. The van der Waals surface area contributed by atoms with Crippen molar-refractivity contribution in [1.29, 1.82) is 0 Å². The number of nitrogens with zero attached hydrogens (tertiary/aromatic N) is 4. The zero-order valence-corrected chi connectivity index (χ0v) is 21.7. The second-order valence-corrected chi connectivity index (χ2v) is 10.8. The van der Waals surface area contributed by atoms with E-state index in [4.69, 9.17) is 14.1 Å². The van der Waals surface area contributed by atoms with Crippen molar-refractivity contribution in [1.82, 2.24) is 19.8 Å². The zero-order chi connectivity index (χ0) is 25.2. The van der Waals surface area contributed by atoms with Gasteiger partial charge in [0.2, 0.25) is 5.89 Å². The van der Waals surface area contributed by atoms with Gasteiger partial charge < -0.3 is 14.3 Å². The number of β-amino-alcohol motifs (C(OH)–C–C–N with tert-alkyl or cyclic N) is 1. The molecule has 0 spiro atoms. The van der Waals surface area contributed by atoms with Gasteiger partial charge in [-0.15, -0.1) is 11.3 Å². The predicted molar refractivity (Wildman–Crippen MR) is 147 cm³/mol. The summed E-state index contributed by atoms with van der Waals surface area (Å²) in [7, 11) is 0. The first-order valence-electron chi connectivity index (χ1n) is 12.7. The Morgan fingerprint density at radius 2 is 1.73 bits per heavy atom. The van der Waals surface area contributed by atoms with Gasteiger partial charge in [-0.25, -0.2) is 9.97 Å². The molecule has 1 fully saturated rings. The molecular weight excluding hydrogens is 484 g/mol. The number of piperazine rings is 1. The Morgan fingerprint density at radius 1 is 0.919 bits per heavy atom. The van der Waals surface area contributed by atoms with Gasteiger partial charge in [0.15, 0.2) is 5.58 Å². The minimum absolute atomic E-state index is 0.267. The molecule has 1 aliphatic heterocycles. The second kappa shape index (κ2) is 10.6. The molecule has 1 atom stereocenters. The minimum Gasteiger partial charge on any atom is -0.491 e. The Bertz CT molecular complexity index is 1490. The average Bonchev–Trinajstić information content (AvgIpc) is 3.49. The molecule has 37 heavy (non-hydrogen) atoms. The van der Waals surface area contributed by atoms with Crippen molar-refractivity contribution in [2.75, 3.05) is 39.3 Å². The van der Waals surface area contributed by atoms with E-state index in [1.807, 2.05) is 49.4 Å². The Balaban J connectivity index is 0.981. The molecule has 0 saturated carbocycles. The standard InChI is InChI=1S/C29H30N4O3S/c1-20-30-26-16-24(8-10-28(26)37-20)35-19-23(34)17-32-11-13-33(14-12-32)18-29-31-25-15-22(7-9-27(25)36-29)21-5-3-2-4-6-21/h2-10,15-16,23,34H,11-14,17-19H2,1H3. The molecule has 1 aliphatic rings. The van der Waals surface area contributed by atoms with Crippen LogP contribution < -0.4 is 4.74 Å². The summed E-state index contributed by atoms with van der Waals surface area (Å²) in [5, 5.41) is 11.6. The molecule has 6 rings (SSSR count). The van der Waals surface area contributed by atoms with Gasteiger partial charge in [-0.05, 0) is 42.3 Å². The maximum absolute atomic E-state index is 10.5. The highest BCUT2D eigenvalue weighted by Gasteiger charge is 2.21. The summed E-state index contributed by atoms with van der Waals surface area (Å²) in [5.74, 6) is 1.49. The molecule has 3 heterocycles. The first-order valence-corrected chi connectivity index (χ1v) is 13.5. The van der Waals surface area contributed by atoms with E-state index >= 15 is 0 Å². The van der Waals surface area contributed by atoms with E-state index in [-0.39, 0.29) is 6.61 Å². The number of ether oxygens (including phenoxy) is 1. The fourth-order valence-electron chi connectivity index (χ4n) is 4.83. The van der Waals surface area contributed by atoms with E-state index in [1.165, 1.54) is 5.56 Å². The lowest BCUT2D eigenvalue weighted by Gasteiger charge is -2.34. The van der Waals surface area contributed by atoms with Crippen molar-refractivity contribution >= 4 is 32.7 Å². The Hall–Kier alpha value is -3.30. The summed E-state index contributed by atoms with van der Waals surface area (Å²) in [6.45, 7) is 7.14. The quantitative estimate of drug-likeness (QED) is 0.313. The molecule has 0 aliphatic carbocycles. The van der Waals surface area contributed by atoms with Crippen molar-refractivity contribution in [3.63, 3.8) is 0 Å². The molecule has 0 radical (unpaired) electrons. The van der Waals surface area contributed by atoms with Crippen LogP contribution in [0.2, 0.25) is 0 Å². The monoisotopic (exact) mass is 514 g/mol. The maximum Gasteiger partial charge on any atom is 0.209 e. The van der Waals surface area contributed by atoms with E-state index in [0.717, 1.165) is 69.7 Å². The molecule has 7 nitrogen and oxygen atoms in total. The first-order chi connectivity index (χ1) is 18.1. The van der Waals surface area contributed by atoms with Gasteiger partial charge in [0, 0.05) is 38.8 Å². The number of aliphatic hydroxyl groups excluding tert-OH is 1. The Labute approximate surface area is 219 Å². The topological polar surface area (TPSA) is 74.9 Å². The summed E-state index contributed by atoms with van der Waals surface area (Å²) in [4.78, 5) is 13.9. The molecule has 3 aromatic carbocycles. The predicted octanol–water partition coefficient (Wildman–Crippen LogP) is 4.97. The largest absolute Gasteiger partial charge is 0.491 e. The summed E-state index contributed by atoms with van der Waals surface area (Å²) in [6, 6.07) is 22.4. The number of fused-ring (bicyclic) bond motifs is 2. The number of aromatic nitrogens is 2. The number of rotatable bonds is 8. The number of oxazole rings is 1. The van der Waals surface area contributed by atoms with E-state index < -0.39 is 6.10 Å². The lowest BCUT2D eigenvalue weighted by molar-refractivity contribution is 0.0431. The zero-order valence-electron chi connectivity index (χ0n) is 20.8. The van der Waals surface area contributed by atoms with Crippen molar-refractivity contribution in [2.24, 2.45) is 0 Å². The van der Waals surface area contributed by atoms with E-state index in [1.54, 1.807) is 11.3 Å². The second-order valence-electron chi connectivity index (χ2n) is 9.56. The fourth-order valence-corrected chi connectivity index (χ4v) is 5.64. The summed E-state index contributed by atoms with van der Waals surface area (Å²) >= 11 is 1.67. The third-order valence-electron chi connectivity index (χ3n) is 6.74. The Kier molecular flexibility index (Phi) is 6.89. The molecule has 5 aromatic rings. The van der Waals surface area contributed by atoms with E-state index in [9.17, 15) is 5.11 Å². The SMILES string of the molecule is Cc1nc2cc(OCC(O)CN3CCN(Cc4nc5cc(-c6ccccc6)ccc5o4)CC3)ccc2s1. The molecule has 190 valence electrons. The highest BCUT2D eigenvalue weighted by molar-refractivity contribution is 7.18. The number of hydrogen-bond acceptors (Lipinski definition) is 8. The van der Waals surface area contributed by atoms with E-state index in [2.05, 4.69) is 39.0 Å². The summed E-state index contributed by atoms with van der Waals surface area (Å²) < 4.78 is 13.0. The lowest BCUT2D eigenvalue weighted by Crippen LogP contribution is -2.48. The summed E-state index contributed by atoms with van der Waals surface area (Å²) in [6.07, 6.45) is -0.546. The molecule has 0 amide bonds. The third kappa shape index (κ3) is 5.67. The van der Waals surface area contributed by atoms with Gasteiger partial charge in [0.05, 0.1) is 21.8 Å². The molecule has 1 unspecified atom stereocenters. The third-order valence-corrected chi connectivity index (χ3v) is 7.69. The van der Waals surface area contributed by atoms with Gasteiger partial charge in [-0.1, -0.05) is 36.4 Å². The van der Waals surface area contributed by atoms with Crippen molar-refractivity contribution in [3.05, 3.63) is 77.6 Å². The fraction of sp³-hybridized carbons (Fsp3) is 0.310. The first kappa shape index (κ1) is 24.1. The highest BCUT2D eigenvalue weighted by Crippen LogP contribution is 2.26. The number of benzene rings is 3. The molecule has 1 N–H and O–H groups in total. The van der Waals surface area contributed by atoms with Crippen LogP contribution >= 0.6 is 11.3 Å². The van der Waals surface area contributed by atoms with Gasteiger partial charge in [0.1, 0.15) is 24.0 Å². The number of aliphatic hydroxyl groups is 1. The van der Waals surface area contributed by atoms with Crippen LogP contribution in [0.4, 0.5) is 0 Å². The molecule has 8 heteroatoms. The Morgan fingerprint density at radius 3 is 2.57 bits per heavy atom. The van der Waals surface area contributed by atoms with Gasteiger partial charge in [-0.3, -0.25) is 9.80 Å². The van der Waals surface area contributed by atoms with Gasteiger partial charge in [0.25, 0.3) is 0 Å². The van der Waals surface area contributed by atoms with Gasteiger partial charge >= 0.3 is 0 Å². The van der Waals surface area contributed by atoms with Crippen LogP contribution in [-0.2, 0) is 6.54 Å². The van der Waals surface area contributed by atoms with Crippen LogP contribution in [0.5, 0.6) is 5.75 Å². The minimum atomic E-state index is -0.546. The van der Waals surface area contributed by atoms with Gasteiger partial charge in [-0.2, -0.15) is 0 Å². The molecule has 2 aromatic heterocycles. The lowest BCUT2D eigenvalue weighted by atomic mass is 10.1. The van der Waals surface area contributed by atoms with Crippen molar-refractivity contribution < 1.29 is 14.3 Å². The smallest absolute Gasteiger partial charge is 0.209 e. The number of hydrogen-bond donors (Lipinski definition) is 1. The molecule has 0 bridgehead atoms. The normalized spacial score (nSPS) is 15.9. The van der Waals surface area contributed by atoms with Crippen LogP contribution in [0.15, 0.2) is 71.1 Å². The van der Waals surface area contributed by atoms with Crippen LogP contribution in [-0.4, -0.2) is 70.3 Å². The molecule has 1 saturated heterocycles. The van der Waals surface area contributed by atoms with Crippen LogP contribution in [0.1, 0.15) is 10.9 Å². The van der Waals surface area contributed by atoms with Crippen molar-refractivity contribution in [3.8, 4) is 16.9 Å². The van der Waals surface area contributed by atoms with Crippen LogP contribution in [0.25, 0.3) is 32.4 Å². The number of aryl methyl sites for hydroxylation is 1. The van der Waals surface area contributed by atoms with Crippen molar-refractivity contribution in [2.45, 2.75) is 19.6 Å². The van der Waals surface area contributed by atoms with E-state index in [0.29, 0.717) is 13.1 Å². The average molecular weight is 515 g/mol. The van der Waals surface area contributed by atoms with Crippen LogP contribution in [0.3, 0.4) is 0 Å². The summed E-state index contributed by atoms with van der Waals surface area (Å²) in [5.41, 5.74) is 4.97.